The van der Waals surface area contributed by atoms with E-state index in [4.69, 9.17) is 0 Å². The van der Waals surface area contributed by atoms with Gasteiger partial charge in [0.1, 0.15) is 6.04 Å². The van der Waals surface area contributed by atoms with Crippen molar-refractivity contribution in [3.63, 3.8) is 0 Å². The summed E-state index contributed by atoms with van der Waals surface area (Å²) in [7, 11) is 0. The Morgan fingerprint density at radius 2 is 2.38 bits per heavy atom. The molecule has 2 rings (SSSR count). The molecule has 1 saturated heterocycles. The van der Waals surface area contributed by atoms with Crippen molar-refractivity contribution in [2.24, 2.45) is 0 Å². The van der Waals surface area contributed by atoms with E-state index in [2.05, 4.69) is 37.6 Å². The zero-order valence-corrected chi connectivity index (χ0v) is 10.4. The van der Waals surface area contributed by atoms with Crippen molar-refractivity contribution in [2.45, 2.75) is 13.0 Å². The summed E-state index contributed by atoms with van der Waals surface area (Å²) in [4.78, 5) is 11.7. The summed E-state index contributed by atoms with van der Waals surface area (Å²) in [5.74, 6) is -0.0563. The van der Waals surface area contributed by atoms with Gasteiger partial charge in [-0.3, -0.25) is 4.79 Å². The fourth-order valence-corrected chi connectivity index (χ4v) is 1.70. The van der Waals surface area contributed by atoms with Gasteiger partial charge in [-0.2, -0.15) is 5.53 Å². The van der Waals surface area contributed by atoms with Crippen LogP contribution < -0.4 is 21.7 Å². The molecular weight excluding hydrogens is 272 g/mol. The Morgan fingerprint density at radius 1 is 1.56 bits per heavy atom. The number of hydrogen-bond acceptors (Lipinski definition) is 4. The molecule has 1 atom stereocenters. The van der Waals surface area contributed by atoms with Crippen LogP contribution in [0.5, 0.6) is 0 Å². The van der Waals surface area contributed by atoms with Crippen LogP contribution in [0.15, 0.2) is 22.7 Å². The van der Waals surface area contributed by atoms with Crippen molar-refractivity contribution in [2.75, 3.05) is 11.9 Å². The summed E-state index contributed by atoms with van der Waals surface area (Å²) < 4.78 is 1.04. The molecule has 16 heavy (non-hydrogen) atoms. The lowest BCUT2D eigenvalue weighted by Crippen LogP contribution is -2.40. The predicted molar refractivity (Wildman–Crippen MR) is 65.6 cm³/mol. The molecule has 1 amide bonds. The molecule has 1 aliphatic rings. The zero-order chi connectivity index (χ0) is 11.5. The lowest BCUT2D eigenvalue weighted by atomic mass is 10.2. The van der Waals surface area contributed by atoms with E-state index in [1.165, 1.54) is 0 Å². The minimum atomic E-state index is -0.246. The molecule has 1 aliphatic heterocycles. The highest BCUT2D eigenvalue weighted by molar-refractivity contribution is 9.10. The molecule has 1 heterocycles. The molecule has 0 spiro atoms. The summed E-state index contributed by atoms with van der Waals surface area (Å²) in [5.41, 5.74) is 10.2. The van der Waals surface area contributed by atoms with Crippen LogP contribution in [0.4, 0.5) is 5.69 Å². The third-order valence-electron chi connectivity index (χ3n) is 2.38. The number of hydrazine groups is 2. The van der Waals surface area contributed by atoms with Crippen LogP contribution in [0, 0.1) is 6.92 Å². The summed E-state index contributed by atoms with van der Waals surface area (Å²) in [6, 6.07) is 5.47. The first-order chi connectivity index (χ1) is 7.66. The first-order valence-electron chi connectivity index (χ1n) is 4.97. The predicted octanol–water partition coefficient (Wildman–Crippen LogP) is 0.677. The molecule has 0 saturated carbocycles. The Morgan fingerprint density at radius 3 is 3.00 bits per heavy atom. The number of carbonyl (C=O) groups is 1. The third kappa shape index (κ3) is 2.59. The number of benzene rings is 1. The van der Waals surface area contributed by atoms with E-state index in [-0.39, 0.29) is 11.9 Å². The smallest absolute Gasteiger partial charge is 0.244 e. The summed E-state index contributed by atoms with van der Waals surface area (Å²) in [6.07, 6.45) is 0. The molecule has 0 aromatic heterocycles. The molecule has 1 aromatic rings. The van der Waals surface area contributed by atoms with Gasteiger partial charge in [0, 0.05) is 16.7 Å². The molecule has 4 N–H and O–H groups in total. The molecule has 1 aromatic carbocycles. The average molecular weight is 285 g/mol. The number of halogens is 1. The normalized spacial score (nSPS) is 19.8. The maximum absolute atomic E-state index is 11.7. The number of carbonyl (C=O) groups excluding carboxylic acids is 1. The van der Waals surface area contributed by atoms with Crippen molar-refractivity contribution in [3.8, 4) is 0 Å². The highest BCUT2D eigenvalue weighted by Crippen LogP contribution is 2.20. The van der Waals surface area contributed by atoms with Gasteiger partial charge in [0.15, 0.2) is 0 Å². The number of hydrogen-bond donors (Lipinski definition) is 4. The van der Waals surface area contributed by atoms with Crippen molar-refractivity contribution in [1.82, 2.24) is 16.4 Å². The van der Waals surface area contributed by atoms with Crippen molar-refractivity contribution < 1.29 is 4.79 Å². The van der Waals surface area contributed by atoms with Gasteiger partial charge in [-0.05, 0) is 30.7 Å². The molecule has 5 nitrogen and oxygen atoms in total. The number of rotatable bonds is 2. The average Bonchev–Trinajstić information content (AvgIpc) is 2.77. The molecule has 1 unspecified atom stereocenters. The fraction of sp³-hybridized carbons (Fsp3) is 0.300. The largest absolute Gasteiger partial charge is 0.325 e. The molecule has 86 valence electrons. The second kappa shape index (κ2) is 4.92. The van der Waals surface area contributed by atoms with Crippen molar-refractivity contribution in [3.05, 3.63) is 28.2 Å². The van der Waals surface area contributed by atoms with Crippen LogP contribution >= 0.6 is 15.9 Å². The Labute approximate surface area is 102 Å². The van der Waals surface area contributed by atoms with Gasteiger partial charge in [0.2, 0.25) is 5.91 Å². The first-order valence-corrected chi connectivity index (χ1v) is 5.76. The second-order valence-electron chi connectivity index (χ2n) is 3.66. The van der Waals surface area contributed by atoms with Crippen molar-refractivity contribution >= 4 is 27.5 Å². The van der Waals surface area contributed by atoms with Crippen LogP contribution in [0.3, 0.4) is 0 Å². The van der Waals surface area contributed by atoms with Gasteiger partial charge in [-0.25, -0.2) is 10.9 Å². The van der Waals surface area contributed by atoms with Crippen LogP contribution in [-0.2, 0) is 4.79 Å². The standard InChI is InChI=1S/C10H13BrN4O/c1-6-4-7(2-3-8(6)11)13-10(16)9-5-12-15-14-9/h2-4,9,12,14-15H,5H2,1H3,(H,13,16). The maximum atomic E-state index is 11.7. The van der Waals surface area contributed by atoms with Gasteiger partial charge >= 0.3 is 0 Å². The zero-order valence-electron chi connectivity index (χ0n) is 8.80. The minimum Gasteiger partial charge on any atom is -0.325 e. The Hall–Kier alpha value is -0.950. The molecule has 0 aliphatic carbocycles. The first kappa shape index (κ1) is 11.5. The fourth-order valence-electron chi connectivity index (χ4n) is 1.45. The van der Waals surface area contributed by atoms with Gasteiger partial charge in [0.05, 0.1) is 0 Å². The van der Waals surface area contributed by atoms with E-state index in [0.717, 1.165) is 15.7 Å². The summed E-state index contributed by atoms with van der Waals surface area (Å²) in [6.45, 7) is 2.55. The molecule has 0 bridgehead atoms. The van der Waals surface area contributed by atoms with Gasteiger partial charge in [-0.1, -0.05) is 15.9 Å². The molecule has 1 fully saturated rings. The molecule has 6 heteroatoms. The van der Waals surface area contributed by atoms with Crippen LogP contribution in [0.1, 0.15) is 5.56 Å². The summed E-state index contributed by atoms with van der Waals surface area (Å²) in [5, 5.41) is 2.85. The number of nitrogens with one attached hydrogen (secondary N) is 4. The van der Waals surface area contributed by atoms with Gasteiger partial charge in [0.25, 0.3) is 0 Å². The SMILES string of the molecule is Cc1cc(NC(=O)C2CNNN2)ccc1Br. The minimum absolute atomic E-state index is 0.0563. The number of anilines is 1. The Kier molecular flexibility index (Phi) is 3.55. The summed E-state index contributed by atoms with van der Waals surface area (Å²) >= 11 is 3.42. The van der Waals surface area contributed by atoms with Gasteiger partial charge in [-0.15, -0.1) is 0 Å². The van der Waals surface area contributed by atoms with E-state index in [1.54, 1.807) is 0 Å². The highest BCUT2D eigenvalue weighted by Gasteiger charge is 2.21. The highest BCUT2D eigenvalue weighted by atomic mass is 79.9. The van der Waals surface area contributed by atoms with E-state index in [1.807, 2.05) is 25.1 Å². The van der Waals surface area contributed by atoms with E-state index in [0.29, 0.717) is 6.54 Å². The lowest BCUT2D eigenvalue weighted by molar-refractivity contribution is -0.117. The monoisotopic (exact) mass is 284 g/mol. The third-order valence-corrected chi connectivity index (χ3v) is 3.27. The second-order valence-corrected chi connectivity index (χ2v) is 4.51. The number of aryl methyl sites for hydroxylation is 1. The number of amides is 1. The van der Waals surface area contributed by atoms with Crippen LogP contribution in [0.25, 0.3) is 0 Å². The topological polar surface area (TPSA) is 65.2 Å². The van der Waals surface area contributed by atoms with E-state index >= 15 is 0 Å². The van der Waals surface area contributed by atoms with Gasteiger partial charge < -0.3 is 5.32 Å². The Balaban J connectivity index is 2.02. The van der Waals surface area contributed by atoms with Crippen molar-refractivity contribution in [1.29, 1.82) is 0 Å². The van der Waals surface area contributed by atoms with E-state index < -0.39 is 0 Å². The van der Waals surface area contributed by atoms with Crippen LogP contribution in [0.2, 0.25) is 0 Å². The molecular formula is C10H13BrN4O. The maximum Gasteiger partial charge on any atom is 0.244 e. The molecule has 0 radical (unpaired) electrons. The lowest BCUT2D eigenvalue weighted by Gasteiger charge is -2.10. The van der Waals surface area contributed by atoms with E-state index in [9.17, 15) is 4.79 Å². The quantitative estimate of drug-likeness (QED) is 0.645. The van der Waals surface area contributed by atoms with Crippen LogP contribution in [-0.4, -0.2) is 18.5 Å². The Bertz CT molecular complexity index is 404.